The van der Waals surface area contributed by atoms with Gasteiger partial charge in [-0.15, -0.1) is 0 Å². The van der Waals surface area contributed by atoms with Crippen molar-refractivity contribution in [2.45, 2.75) is 30.7 Å². The van der Waals surface area contributed by atoms with Gasteiger partial charge in [0.2, 0.25) is 22.7 Å². The predicted octanol–water partition coefficient (Wildman–Crippen LogP) is 1.69. The summed E-state index contributed by atoms with van der Waals surface area (Å²) in [5.41, 5.74) is 1.32. The van der Waals surface area contributed by atoms with E-state index in [-0.39, 0.29) is 36.6 Å². The molecule has 36 heavy (non-hydrogen) atoms. The van der Waals surface area contributed by atoms with Gasteiger partial charge in [-0.25, -0.2) is 8.42 Å². The van der Waals surface area contributed by atoms with Crippen LogP contribution >= 0.6 is 0 Å². The highest BCUT2D eigenvalue weighted by Crippen LogP contribution is 2.33. The van der Waals surface area contributed by atoms with Gasteiger partial charge in [0.05, 0.1) is 11.5 Å². The minimum atomic E-state index is -3.63. The second-order valence-electron chi connectivity index (χ2n) is 8.86. The van der Waals surface area contributed by atoms with Gasteiger partial charge in [0.15, 0.2) is 11.5 Å². The third-order valence-electron chi connectivity index (χ3n) is 6.44. The van der Waals surface area contributed by atoms with Gasteiger partial charge in [-0.2, -0.15) is 4.31 Å². The molecule has 0 unspecified atom stereocenters. The summed E-state index contributed by atoms with van der Waals surface area (Å²) in [6.45, 7) is 3.13. The number of nitrogens with one attached hydrogen (secondary N) is 2. The molecule has 2 aromatic rings. The summed E-state index contributed by atoms with van der Waals surface area (Å²) in [7, 11) is -2.10. The van der Waals surface area contributed by atoms with Gasteiger partial charge < -0.3 is 24.8 Å². The second kappa shape index (κ2) is 11.3. The molecular formula is C25H31N3O7S. The highest BCUT2D eigenvalue weighted by molar-refractivity contribution is 7.89. The molecule has 0 aromatic heterocycles. The van der Waals surface area contributed by atoms with Gasteiger partial charge >= 0.3 is 0 Å². The normalized spacial score (nSPS) is 16.9. The number of aryl methyl sites for hydroxylation is 1. The Morgan fingerprint density at radius 2 is 1.78 bits per heavy atom. The molecule has 11 heteroatoms. The average molecular weight is 518 g/mol. The standard InChI is InChI=1S/C25H31N3O7S/c1-17-3-6-20(7-4-17)36(31,32)28-12-9-18(10-13-28)23(25(30)26-11-14-33-2)27-24(29)19-5-8-21-22(15-19)35-16-34-21/h3-8,15,18,23H,9-14,16H2,1-2H3,(H,26,30)(H,27,29)/t23-/m1/s1. The summed E-state index contributed by atoms with van der Waals surface area (Å²) >= 11 is 0. The molecule has 0 spiro atoms. The number of piperidine rings is 1. The summed E-state index contributed by atoms with van der Waals surface area (Å²) in [4.78, 5) is 26.3. The van der Waals surface area contributed by atoms with Crippen LogP contribution in [0.2, 0.25) is 0 Å². The number of methoxy groups -OCH3 is 1. The zero-order valence-electron chi connectivity index (χ0n) is 20.4. The maximum absolute atomic E-state index is 13.1. The van der Waals surface area contributed by atoms with Gasteiger partial charge in [-0.3, -0.25) is 9.59 Å². The van der Waals surface area contributed by atoms with Crippen LogP contribution in [0.4, 0.5) is 0 Å². The number of ether oxygens (including phenoxy) is 3. The first-order valence-corrected chi connectivity index (χ1v) is 13.3. The predicted molar refractivity (Wildman–Crippen MR) is 131 cm³/mol. The molecule has 0 radical (unpaired) electrons. The van der Waals surface area contributed by atoms with Crippen LogP contribution in [0, 0.1) is 12.8 Å². The third-order valence-corrected chi connectivity index (χ3v) is 8.35. The number of fused-ring (bicyclic) bond motifs is 1. The average Bonchev–Trinajstić information content (AvgIpc) is 3.35. The van der Waals surface area contributed by atoms with E-state index in [2.05, 4.69) is 10.6 Å². The molecule has 0 saturated carbocycles. The summed E-state index contributed by atoms with van der Waals surface area (Å²) < 4.78 is 43.3. The van der Waals surface area contributed by atoms with E-state index in [1.165, 1.54) is 11.4 Å². The molecule has 1 fully saturated rings. The lowest BCUT2D eigenvalue weighted by Crippen LogP contribution is -2.54. The number of hydrogen-bond acceptors (Lipinski definition) is 7. The topological polar surface area (TPSA) is 123 Å². The Labute approximate surface area is 211 Å². The molecule has 0 bridgehead atoms. The van der Waals surface area contributed by atoms with Crippen molar-refractivity contribution in [2.24, 2.45) is 5.92 Å². The Morgan fingerprint density at radius 1 is 1.08 bits per heavy atom. The van der Waals surface area contributed by atoms with Crippen molar-refractivity contribution in [2.75, 3.05) is 40.1 Å². The van der Waals surface area contributed by atoms with Crippen LogP contribution in [-0.2, 0) is 19.6 Å². The first kappa shape index (κ1) is 25.9. The maximum Gasteiger partial charge on any atom is 0.252 e. The fourth-order valence-electron chi connectivity index (χ4n) is 4.35. The molecule has 2 heterocycles. The first-order chi connectivity index (χ1) is 17.3. The zero-order valence-corrected chi connectivity index (χ0v) is 21.2. The van der Waals surface area contributed by atoms with Crippen LogP contribution in [0.25, 0.3) is 0 Å². The Hall–Kier alpha value is -3.15. The van der Waals surface area contributed by atoms with Crippen molar-refractivity contribution in [3.8, 4) is 11.5 Å². The van der Waals surface area contributed by atoms with Crippen molar-refractivity contribution >= 4 is 21.8 Å². The van der Waals surface area contributed by atoms with Gasteiger partial charge in [-0.05, 0) is 56.0 Å². The molecule has 4 rings (SSSR count). The van der Waals surface area contributed by atoms with E-state index in [4.69, 9.17) is 14.2 Å². The number of rotatable bonds is 9. The summed E-state index contributed by atoms with van der Waals surface area (Å²) in [5.74, 6) is 0.0341. The lowest BCUT2D eigenvalue weighted by Gasteiger charge is -2.35. The lowest BCUT2D eigenvalue weighted by molar-refractivity contribution is -0.124. The number of carbonyl (C=O) groups excluding carboxylic acids is 2. The second-order valence-corrected chi connectivity index (χ2v) is 10.8. The number of sulfonamides is 1. The number of hydrogen-bond donors (Lipinski definition) is 2. The van der Waals surface area contributed by atoms with Crippen molar-refractivity contribution < 1.29 is 32.2 Å². The molecule has 10 nitrogen and oxygen atoms in total. The number of amides is 2. The molecule has 2 aliphatic rings. The molecule has 0 aliphatic carbocycles. The fourth-order valence-corrected chi connectivity index (χ4v) is 5.82. The highest BCUT2D eigenvalue weighted by atomic mass is 32.2. The first-order valence-electron chi connectivity index (χ1n) is 11.8. The number of nitrogens with zero attached hydrogens (tertiary/aromatic N) is 1. The Morgan fingerprint density at radius 3 is 2.47 bits per heavy atom. The van der Waals surface area contributed by atoms with Crippen molar-refractivity contribution in [3.05, 3.63) is 53.6 Å². The third kappa shape index (κ3) is 5.80. The van der Waals surface area contributed by atoms with Crippen LogP contribution in [0.1, 0.15) is 28.8 Å². The molecule has 2 aliphatic heterocycles. The minimum Gasteiger partial charge on any atom is -0.454 e. The van der Waals surface area contributed by atoms with Crippen LogP contribution in [0.5, 0.6) is 11.5 Å². The van der Waals surface area contributed by atoms with E-state index >= 15 is 0 Å². The molecule has 2 N–H and O–H groups in total. The lowest BCUT2D eigenvalue weighted by atomic mass is 9.89. The molecule has 2 amide bonds. The molecule has 194 valence electrons. The summed E-state index contributed by atoms with van der Waals surface area (Å²) in [6.07, 6.45) is 0.851. The van der Waals surface area contributed by atoms with Crippen LogP contribution in [0.3, 0.4) is 0 Å². The van der Waals surface area contributed by atoms with Gasteiger partial charge in [0.25, 0.3) is 5.91 Å². The fraction of sp³-hybridized carbons (Fsp3) is 0.440. The van der Waals surface area contributed by atoms with Crippen molar-refractivity contribution in [1.82, 2.24) is 14.9 Å². The summed E-state index contributed by atoms with van der Waals surface area (Å²) in [5, 5.41) is 5.65. The van der Waals surface area contributed by atoms with E-state index in [1.54, 1.807) is 42.5 Å². The van der Waals surface area contributed by atoms with Gasteiger partial charge in [-0.1, -0.05) is 17.7 Å². The maximum atomic E-state index is 13.1. The van der Waals surface area contributed by atoms with E-state index in [1.807, 2.05) is 6.92 Å². The van der Waals surface area contributed by atoms with Crippen LogP contribution in [0.15, 0.2) is 47.4 Å². The van der Waals surface area contributed by atoms with Crippen molar-refractivity contribution in [3.63, 3.8) is 0 Å². The molecular weight excluding hydrogens is 486 g/mol. The SMILES string of the molecule is COCCNC(=O)[C@H](NC(=O)c1ccc2c(c1)OCO2)C1CCN(S(=O)(=O)c2ccc(C)cc2)CC1. The Balaban J connectivity index is 1.46. The largest absolute Gasteiger partial charge is 0.454 e. The Bertz CT molecular complexity index is 1190. The van der Waals surface area contributed by atoms with E-state index in [0.29, 0.717) is 43.1 Å². The van der Waals surface area contributed by atoms with Gasteiger partial charge in [0.1, 0.15) is 6.04 Å². The Kier molecular flexibility index (Phi) is 8.12. The smallest absolute Gasteiger partial charge is 0.252 e. The van der Waals surface area contributed by atoms with E-state index in [0.717, 1.165) is 5.56 Å². The van der Waals surface area contributed by atoms with E-state index in [9.17, 15) is 18.0 Å². The monoisotopic (exact) mass is 517 g/mol. The highest BCUT2D eigenvalue weighted by Gasteiger charge is 2.36. The van der Waals surface area contributed by atoms with Gasteiger partial charge in [0, 0.05) is 32.3 Å². The minimum absolute atomic E-state index is 0.0923. The molecule has 2 aromatic carbocycles. The molecule has 1 saturated heterocycles. The zero-order chi connectivity index (χ0) is 25.7. The molecule has 1 atom stereocenters. The quantitative estimate of drug-likeness (QED) is 0.485. The number of carbonyl (C=O) groups is 2. The van der Waals surface area contributed by atoms with E-state index < -0.39 is 22.0 Å². The van der Waals surface area contributed by atoms with Crippen LogP contribution in [-0.4, -0.2) is 70.7 Å². The summed E-state index contributed by atoms with van der Waals surface area (Å²) in [6, 6.07) is 10.8. The number of benzene rings is 2. The van der Waals surface area contributed by atoms with Crippen molar-refractivity contribution in [1.29, 1.82) is 0 Å². The van der Waals surface area contributed by atoms with Crippen LogP contribution < -0.4 is 20.1 Å².